The number of alkyl carbamates (subject to hydrolysis) is 1. The maximum Gasteiger partial charge on any atom is 0.408 e. The van der Waals surface area contributed by atoms with E-state index < -0.39 is 35.8 Å². The summed E-state index contributed by atoms with van der Waals surface area (Å²) in [6.45, 7) is 12.9. The summed E-state index contributed by atoms with van der Waals surface area (Å²) in [6, 6.07) is -0.889. The summed E-state index contributed by atoms with van der Waals surface area (Å²) < 4.78 is 10.8. The third kappa shape index (κ3) is 10.8. The summed E-state index contributed by atoms with van der Waals surface area (Å²) in [5.74, 6) is -1.90. The van der Waals surface area contributed by atoms with E-state index in [4.69, 9.17) is 14.6 Å². The Morgan fingerprint density at radius 1 is 1.07 bits per heavy atom. The van der Waals surface area contributed by atoms with E-state index in [1.54, 1.807) is 20.8 Å². The van der Waals surface area contributed by atoms with Crippen LogP contribution >= 0.6 is 0 Å². The molecule has 7 nitrogen and oxygen atoms in total. The first-order chi connectivity index (χ1) is 12.4. The number of carbonyl (C=O) groups is 3. The van der Waals surface area contributed by atoms with Crippen molar-refractivity contribution >= 4 is 18.0 Å². The number of unbranched alkanes of at least 4 members (excludes halogenated alkanes) is 1. The lowest BCUT2D eigenvalue weighted by Gasteiger charge is -2.29. The van der Waals surface area contributed by atoms with Crippen LogP contribution < -0.4 is 5.32 Å². The first-order valence-electron chi connectivity index (χ1n) is 9.83. The maximum atomic E-state index is 12.7. The summed E-state index contributed by atoms with van der Waals surface area (Å²) >= 11 is 0. The minimum Gasteiger partial charge on any atom is -0.481 e. The minimum atomic E-state index is -1.02. The van der Waals surface area contributed by atoms with E-state index in [2.05, 4.69) is 12.2 Å². The molecule has 7 heteroatoms. The number of ether oxygens (including phenoxy) is 2. The lowest BCUT2D eigenvalue weighted by atomic mass is 9.95. The predicted molar refractivity (Wildman–Crippen MR) is 103 cm³/mol. The second kappa shape index (κ2) is 11.8. The number of hydrogen-bond donors (Lipinski definition) is 2. The van der Waals surface area contributed by atoms with Crippen molar-refractivity contribution in [2.45, 2.75) is 98.3 Å². The number of carboxylic acids is 1. The molecular weight excluding hydrogens is 350 g/mol. The number of carbonyl (C=O) groups excluding carboxylic acids is 2. The van der Waals surface area contributed by atoms with Gasteiger partial charge < -0.3 is 19.9 Å². The molecule has 0 heterocycles. The summed E-state index contributed by atoms with van der Waals surface area (Å²) in [4.78, 5) is 36.0. The van der Waals surface area contributed by atoms with Crippen LogP contribution in [-0.2, 0) is 19.1 Å². The van der Waals surface area contributed by atoms with Crippen molar-refractivity contribution in [3.05, 3.63) is 0 Å². The van der Waals surface area contributed by atoms with Gasteiger partial charge in [0.1, 0.15) is 17.7 Å². The monoisotopic (exact) mass is 387 g/mol. The Bertz CT molecular complexity index is 485. The minimum absolute atomic E-state index is 0.0795. The number of rotatable bonds is 11. The molecule has 0 spiro atoms. The molecule has 0 aliphatic heterocycles. The Morgan fingerprint density at radius 2 is 1.67 bits per heavy atom. The summed E-state index contributed by atoms with van der Waals surface area (Å²) in [5.41, 5.74) is -0.686. The predicted octanol–water partition coefficient (Wildman–Crippen LogP) is 4.14. The van der Waals surface area contributed by atoms with Gasteiger partial charge in [0.2, 0.25) is 0 Å². The van der Waals surface area contributed by atoms with Gasteiger partial charge in [-0.25, -0.2) is 9.59 Å². The lowest BCUT2D eigenvalue weighted by Crippen LogP contribution is -2.49. The molecule has 0 fully saturated rings. The van der Waals surface area contributed by atoms with Crippen LogP contribution in [0.1, 0.15) is 80.6 Å². The van der Waals surface area contributed by atoms with Crippen LogP contribution in [0.4, 0.5) is 4.79 Å². The molecule has 0 unspecified atom stereocenters. The molecule has 27 heavy (non-hydrogen) atoms. The van der Waals surface area contributed by atoms with Crippen LogP contribution in [0.25, 0.3) is 0 Å². The van der Waals surface area contributed by atoms with Crippen LogP contribution in [0.3, 0.4) is 0 Å². The fraction of sp³-hybridized carbons (Fsp3) is 0.850. The Hall–Kier alpha value is -1.79. The first kappa shape index (κ1) is 25.2. The van der Waals surface area contributed by atoms with E-state index in [0.29, 0.717) is 6.42 Å². The van der Waals surface area contributed by atoms with Crippen LogP contribution in [0.2, 0.25) is 0 Å². The fourth-order valence-corrected chi connectivity index (χ4v) is 2.57. The Morgan fingerprint density at radius 3 is 2.11 bits per heavy atom. The smallest absolute Gasteiger partial charge is 0.408 e. The van der Waals surface area contributed by atoms with Crippen molar-refractivity contribution in [3.63, 3.8) is 0 Å². The van der Waals surface area contributed by atoms with Crippen molar-refractivity contribution in [3.8, 4) is 0 Å². The molecule has 0 radical (unpaired) electrons. The van der Waals surface area contributed by atoms with E-state index >= 15 is 0 Å². The Labute approximate surface area is 163 Å². The number of carboxylic acid groups (broad SMARTS) is 1. The van der Waals surface area contributed by atoms with Gasteiger partial charge in [-0.2, -0.15) is 0 Å². The van der Waals surface area contributed by atoms with Gasteiger partial charge in [0, 0.05) is 0 Å². The van der Waals surface area contributed by atoms with Crippen molar-refractivity contribution in [1.29, 1.82) is 0 Å². The SMILES string of the molecule is CCCC[C@@H](C)[C@H](CC(=O)O)OC(=O)[C@H](NC(=O)OC(C)(C)C)[C@@H](C)CC. The van der Waals surface area contributed by atoms with E-state index in [1.807, 2.05) is 20.8 Å². The number of nitrogens with one attached hydrogen (secondary N) is 1. The fourth-order valence-electron chi connectivity index (χ4n) is 2.57. The number of amides is 1. The number of hydrogen-bond acceptors (Lipinski definition) is 5. The van der Waals surface area contributed by atoms with Gasteiger partial charge in [-0.1, -0.05) is 47.0 Å². The molecule has 1 amide bonds. The second-order valence-corrected chi connectivity index (χ2v) is 8.20. The zero-order valence-corrected chi connectivity index (χ0v) is 17.8. The summed E-state index contributed by atoms with van der Waals surface area (Å²) in [5, 5.41) is 11.7. The van der Waals surface area contributed by atoms with Crippen molar-refractivity contribution < 1.29 is 29.0 Å². The highest BCUT2D eigenvalue weighted by atomic mass is 16.6. The summed E-state index contributed by atoms with van der Waals surface area (Å²) in [6.07, 6.45) is 1.65. The molecule has 0 aromatic heterocycles. The van der Waals surface area contributed by atoms with Gasteiger partial charge >= 0.3 is 18.0 Å². The molecule has 0 saturated heterocycles. The van der Waals surface area contributed by atoms with E-state index in [9.17, 15) is 14.4 Å². The molecule has 158 valence electrons. The molecule has 4 atom stereocenters. The molecule has 0 aromatic rings. The van der Waals surface area contributed by atoms with Crippen LogP contribution in [0, 0.1) is 11.8 Å². The van der Waals surface area contributed by atoms with Crippen molar-refractivity contribution in [2.24, 2.45) is 11.8 Å². The highest BCUT2D eigenvalue weighted by Gasteiger charge is 2.33. The van der Waals surface area contributed by atoms with Gasteiger partial charge in [-0.3, -0.25) is 4.79 Å². The lowest BCUT2D eigenvalue weighted by molar-refractivity contribution is -0.159. The zero-order valence-electron chi connectivity index (χ0n) is 17.8. The molecule has 2 N–H and O–H groups in total. The molecule has 0 bridgehead atoms. The molecule has 0 aliphatic rings. The Balaban J connectivity index is 5.20. The number of aliphatic carboxylic acids is 1. The third-order valence-electron chi connectivity index (χ3n) is 4.43. The van der Waals surface area contributed by atoms with Crippen molar-refractivity contribution in [1.82, 2.24) is 5.32 Å². The Kier molecular flexibility index (Phi) is 11.0. The highest BCUT2D eigenvalue weighted by Crippen LogP contribution is 2.21. The van der Waals surface area contributed by atoms with E-state index in [1.165, 1.54) is 0 Å². The van der Waals surface area contributed by atoms with E-state index in [-0.39, 0.29) is 18.3 Å². The molecular formula is C20H37NO6. The largest absolute Gasteiger partial charge is 0.481 e. The first-order valence-corrected chi connectivity index (χ1v) is 9.83. The maximum absolute atomic E-state index is 12.7. The van der Waals surface area contributed by atoms with Gasteiger partial charge in [0.15, 0.2) is 0 Å². The summed E-state index contributed by atoms with van der Waals surface area (Å²) in [7, 11) is 0. The quantitative estimate of drug-likeness (QED) is 0.517. The van der Waals surface area contributed by atoms with Crippen LogP contribution in [0.15, 0.2) is 0 Å². The normalized spacial score (nSPS) is 16.0. The average molecular weight is 388 g/mol. The highest BCUT2D eigenvalue weighted by molar-refractivity contribution is 5.82. The molecule has 0 aliphatic carbocycles. The topological polar surface area (TPSA) is 102 Å². The molecule has 0 aromatic carbocycles. The second-order valence-electron chi connectivity index (χ2n) is 8.20. The average Bonchev–Trinajstić information content (AvgIpc) is 2.54. The van der Waals surface area contributed by atoms with Crippen LogP contribution in [-0.4, -0.2) is 40.9 Å². The molecule has 0 rings (SSSR count). The van der Waals surface area contributed by atoms with Gasteiger partial charge in [0.05, 0.1) is 6.42 Å². The zero-order chi connectivity index (χ0) is 21.2. The van der Waals surface area contributed by atoms with Gasteiger partial charge in [-0.05, 0) is 39.0 Å². The van der Waals surface area contributed by atoms with Crippen LogP contribution in [0.5, 0.6) is 0 Å². The van der Waals surface area contributed by atoms with E-state index in [0.717, 1.165) is 19.3 Å². The third-order valence-corrected chi connectivity index (χ3v) is 4.43. The van der Waals surface area contributed by atoms with Gasteiger partial charge in [-0.15, -0.1) is 0 Å². The molecule has 0 saturated carbocycles. The standard InChI is InChI=1S/C20H37NO6/c1-8-10-11-14(4)15(12-16(22)23)26-18(24)17(13(3)9-2)21-19(25)27-20(5,6)7/h13-15,17H,8-12H2,1-7H3,(H,21,25)(H,22,23)/t13-,14+,15-,17+/m0/s1. The van der Waals surface area contributed by atoms with Crippen molar-refractivity contribution in [2.75, 3.05) is 0 Å². The van der Waals surface area contributed by atoms with Gasteiger partial charge in [0.25, 0.3) is 0 Å². The number of esters is 1.